The van der Waals surface area contributed by atoms with E-state index in [4.69, 9.17) is 9.15 Å². The third kappa shape index (κ3) is 5.25. The SMILES string of the molecule is O=C(COC(=O)c1ccc(-c2ccc([N+](=O)[O-])cc2)o1)NCc1ccc(F)cc1. The van der Waals surface area contributed by atoms with Gasteiger partial charge in [-0.15, -0.1) is 0 Å². The van der Waals surface area contributed by atoms with Crippen LogP contribution in [0.15, 0.2) is 65.1 Å². The number of hydrogen-bond acceptors (Lipinski definition) is 6. The van der Waals surface area contributed by atoms with E-state index in [1.807, 2.05) is 0 Å². The number of nitrogens with one attached hydrogen (secondary N) is 1. The van der Waals surface area contributed by atoms with Crippen LogP contribution in [0.25, 0.3) is 11.3 Å². The molecular formula is C20H15FN2O6. The first-order chi connectivity index (χ1) is 13.9. The van der Waals surface area contributed by atoms with E-state index < -0.39 is 23.4 Å². The molecule has 0 radical (unpaired) electrons. The highest BCUT2D eigenvalue weighted by molar-refractivity contribution is 5.89. The molecular weight excluding hydrogens is 383 g/mol. The number of rotatable bonds is 7. The minimum Gasteiger partial charge on any atom is -0.450 e. The molecule has 0 unspecified atom stereocenters. The van der Waals surface area contributed by atoms with Gasteiger partial charge in [0, 0.05) is 24.2 Å². The Kier molecular flexibility index (Phi) is 5.98. The lowest BCUT2D eigenvalue weighted by molar-refractivity contribution is -0.384. The van der Waals surface area contributed by atoms with Crippen LogP contribution < -0.4 is 5.32 Å². The van der Waals surface area contributed by atoms with E-state index in [0.29, 0.717) is 16.9 Å². The number of furan rings is 1. The second-order valence-corrected chi connectivity index (χ2v) is 5.95. The summed E-state index contributed by atoms with van der Waals surface area (Å²) >= 11 is 0. The van der Waals surface area contributed by atoms with Gasteiger partial charge in [-0.05, 0) is 42.0 Å². The molecule has 0 spiro atoms. The molecule has 1 N–H and O–H groups in total. The zero-order valence-corrected chi connectivity index (χ0v) is 15.0. The highest BCUT2D eigenvalue weighted by Gasteiger charge is 2.16. The van der Waals surface area contributed by atoms with Gasteiger partial charge in [0.25, 0.3) is 11.6 Å². The number of nitro benzene ring substituents is 1. The van der Waals surface area contributed by atoms with Gasteiger partial charge in [-0.1, -0.05) is 12.1 Å². The number of benzene rings is 2. The Morgan fingerprint density at radius 1 is 1.03 bits per heavy atom. The van der Waals surface area contributed by atoms with E-state index in [0.717, 1.165) is 0 Å². The van der Waals surface area contributed by atoms with Gasteiger partial charge >= 0.3 is 5.97 Å². The van der Waals surface area contributed by atoms with Crippen molar-refractivity contribution in [1.82, 2.24) is 5.32 Å². The zero-order chi connectivity index (χ0) is 20.8. The fraction of sp³-hybridized carbons (Fsp3) is 0.100. The molecule has 0 saturated carbocycles. The van der Waals surface area contributed by atoms with Crippen LogP contribution in [-0.2, 0) is 16.1 Å². The quantitative estimate of drug-likeness (QED) is 0.371. The lowest BCUT2D eigenvalue weighted by Gasteiger charge is -2.06. The van der Waals surface area contributed by atoms with Crippen molar-refractivity contribution in [3.8, 4) is 11.3 Å². The molecule has 1 aromatic heterocycles. The van der Waals surface area contributed by atoms with Gasteiger partial charge in [0.2, 0.25) is 5.76 Å². The third-order valence-corrected chi connectivity index (χ3v) is 3.91. The lowest BCUT2D eigenvalue weighted by atomic mass is 10.1. The van der Waals surface area contributed by atoms with Crippen LogP contribution in [0.5, 0.6) is 0 Å². The van der Waals surface area contributed by atoms with Crippen molar-refractivity contribution in [2.45, 2.75) is 6.54 Å². The molecule has 2 aromatic carbocycles. The van der Waals surface area contributed by atoms with Crippen LogP contribution in [0.2, 0.25) is 0 Å². The topological polar surface area (TPSA) is 112 Å². The second-order valence-electron chi connectivity index (χ2n) is 5.95. The van der Waals surface area contributed by atoms with Gasteiger partial charge in [-0.25, -0.2) is 9.18 Å². The Morgan fingerprint density at radius 3 is 2.38 bits per heavy atom. The average Bonchev–Trinajstić information content (AvgIpc) is 3.22. The van der Waals surface area contributed by atoms with E-state index in [2.05, 4.69) is 5.32 Å². The molecule has 3 rings (SSSR count). The Balaban J connectivity index is 1.51. The van der Waals surface area contributed by atoms with Crippen molar-refractivity contribution in [2.75, 3.05) is 6.61 Å². The average molecular weight is 398 g/mol. The Bertz CT molecular complexity index is 1030. The molecule has 0 aliphatic carbocycles. The molecule has 0 fully saturated rings. The van der Waals surface area contributed by atoms with Gasteiger partial charge in [0.1, 0.15) is 11.6 Å². The summed E-state index contributed by atoms with van der Waals surface area (Å²) in [5.41, 5.74) is 1.18. The number of nitrogens with zero attached hydrogens (tertiary/aromatic N) is 1. The summed E-state index contributed by atoms with van der Waals surface area (Å²) in [6, 6.07) is 14.2. The van der Waals surface area contributed by atoms with Crippen LogP contribution in [0.3, 0.4) is 0 Å². The predicted molar refractivity (Wildman–Crippen MR) is 99.3 cm³/mol. The summed E-state index contributed by atoms with van der Waals surface area (Å²) in [5.74, 6) is -1.50. The summed E-state index contributed by atoms with van der Waals surface area (Å²) in [6.45, 7) is -0.338. The molecule has 9 heteroatoms. The van der Waals surface area contributed by atoms with Gasteiger partial charge in [-0.3, -0.25) is 14.9 Å². The predicted octanol–water partition coefficient (Wildman–Crippen LogP) is 3.47. The third-order valence-electron chi connectivity index (χ3n) is 3.91. The fourth-order valence-electron chi connectivity index (χ4n) is 2.41. The minimum absolute atomic E-state index is 0.0633. The first kappa shape index (κ1) is 19.7. The van der Waals surface area contributed by atoms with Gasteiger partial charge < -0.3 is 14.5 Å². The molecule has 8 nitrogen and oxygen atoms in total. The number of halogens is 1. The maximum atomic E-state index is 12.8. The highest BCUT2D eigenvalue weighted by Crippen LogP contribution is 2.24. The number of non-ortho nitro benzene ring substituents is 1. The fourth-order valence-corrected chi connectivity index (χ4v) is 2.41. The van der Waals surface area contributed by atoms with Gasteiger partial charge in [-0.2, -0.15) is 0 Å². The summed E-state index contributed by atoms with van der Waals surface area (Å²) < 4.78 is 23.1. The van der Waals surface area contributed by atoms with Crippen molar-refractivity contribution in [3.63, 3.8) is 0 Å². The maximum Gasteiger partial charge on any atom is 0.374 e. The smallest absolute Gasteiger partial charge is 0.374 e. The standard InChI is InChI=1S/C20H15FN2O6/c21-15-5-1-13(2-6-15)11-22-19(24)12-28-20(25)18-10-9-17(29-18)14-3-7-16(8-4-14)23(26)27/h1-10H,11-12H2,(H,22,24). The van der Waals surface area contributed by atoms with E-state index in [1.54, 1.807) is 0 Å². The molecule has 0 saturated heterocycles. The number of esters is 1. The second kappa shape index (κ2) is 8.79. The first-order valence-electron chi connectivity index (χ1n) is 8.45. The van der Waals surface area contributed by atoms with E-state index >= 15 is 0 Å². The van der Waals surface area contributed by atoms with E-state index in [9.17, 15) is 24.1 Å². The van der Waals surface area contributed by atoms with Crippen LogP contribution in [0, 0.1) is 15.9 Å². The Morgan fingerprint density at radius 2 is 1.72 bits per heavy atom. The molecule has 1 amide bonds. The molecule has 0 aliphatic rings. The maximum absolute atomic E-state index is 12.8. The molecule has 0 bridgehead atoms. The molecule has 148 valence electrons. The van der Waals surface area contributed by atoms with Crippen LogP contribution in [0.4, 0.5) is 10.1 Å². The van der Waals surface area contributed by atoms with Crippen LogP contribution in [0.1, 0.15) is 16.1 Å². The molecule has 1 heterocycles. The normalized spacial score (nSPS) is 10.4. The number of ether oxygens (including phenoxy) is 1. The van der Waals surface area contributed by atoms with E-state index in [1.165, 1.54) is 60.7 Å². The summed E-state index contributed by atoms with van der Waals surface area (Å²) in [5, 5.41) is 13.2. The zero-order valence-electron chi connectivity index (χ0n) is 15.0. The number of amides is 1. The summed E-state index contributed by atoms with van der Waals surface area (Å²) in [6.07, 6.45) is 0. The van der Waals surface area contributed by atoms with Crippen molar-refractivity contribution in [2.24, 2.45) is 0 Å². The van der Waals surface area contributed by atoms with Crippen LogP contribution in [-0.4, -0.2) is 23.4 Å². The highest BCUT2D eigenvalue weighted by atomic mass is 19.1. The Labute approximate surface area is 164 Å². The van der Waals surface area contributed by atoms with Crippen molar-refractivity contribution in [3.05, 3.63) is 87.9 Å². The van der Waals surface area contributed by atoms with Gasteiger partial charge in [0.05, 0.1) is 4.92 Å². The number of nitro groups is 1. The first-order valence-corrected chi connectivity index (χ1v) is 8.45. The Hall–Kier alpha value is -4.01. The van der Waals surface area contributed by atoms with Crippen molar-refractivity contribution >= 4 is 17.6 Å². The van der Waals surface area contributed by atoms with Crippen LogP contribution >= 0.6 is 0 Å². The number of hydrogen-bond donors (Lipinski definition) is 1. The van der Waals surface area contributed by atoms with E-state index in [-0.39, 0.29) is 23.8 Å². The molecule has 0 aliphatic heterocycles. The van der Waals surface area contributed by atoms with Crippen molar-refractivity contribution < 1.29 is 28.1 Å². The number of carbonyl (C=O) groups is 2. The summed E-state index contributed by atoms with van der Waals surface area (Å²) in [4.78, 5) is 34.0. The minimum atomic E-state index is -0.824. The lowest BCUT2D eigenvalue weighted by Crippen LogP contribution is -2.28. The number of carbonyl (C=O) groups excluding carboxylic acids is 2. The summed E-state index contributed by atoms with van der Waals surface area (Å²) in [7, 11) is 0. The molecule has 29 heavy (non-hydrogen) atoms. The van der Waals surface area contributed by atoms with Gasteiger partial charge in [0.15, 0.2) is 6.61 Å². The monoisotopic (exact) mass is 398 g/mol. The molecule has 3 aromatic rings. The van der Waals surface area contributed by atoms with Crippen molar-refractivity contribution in [1.29, 1.82) is 0 Å². The molecule has 0 atom stereocenters. The largest absolute Gasteiger partial charge is 0.450 e.